The number of unbranched alkanes of at least 4 members (excludes halogenated alkanes) is 9. The van der Waals surface area contributed by atoms with Crippen LogP contribution < -0.4 is 31.1 Å². The van der Waals surface area contributed by atoms with E-state index in [1.807, 2.05) is 25.7 Å². The van der Waals surface area contributed by atoms with Crippen LogP contribution in [0.5, 0.6) is 0 Å². The van der Waals surface area contributed by atoms with E-state index in [1.165, 1.54) is 20.8 Å². The Hall–Kier alpha value is -6.62. The van der Waals surface area contributed by atoms with Crippen LogP contribution in [0, 0.1) is 5.41 Å². The molecule has 4 saturated heterocycles. The Labute approximate surface area is 674 Å². The summed E-state index contributed by atoms with van der Waals surface area (Å²) in [5, 5.41) is 102. The zero-order chi connectivity index (χ0) is 84.6. The van der Waals surface area contributed by atoms with Crippen LogP contribution in [0.2, 0.25) is 0 Å². The van der Waals surface area contributed by atoms with Gasteiger partial charge < -0.3 is 110 Å². The van der Waals surface area contributed by atoms with Crippen LogP contribution in [0.25, 0.3) is 0 Å². The van der Waals surface area contributed by atoms with Gasteiger partial charge in [0, 0.05) is 182 Å². The first kappa shape index (κ1) is 99.0. The van der Waals surface area contributed by atoms with Crippen molar-refractivity contribution in [3.8, 4) is 0 Å². The summed E-state index contributed by atoms with van der Waals surface area (Å²) in [6, 6.07) is -3.23. The Morgan fingerprint density at radius 3 is 1.07 bits per heavy atom. The van der Waals surface area contributed by atoms with E-state index >= 15 is 0 Å². The number of aliphatic hydroxyl groups is 9. The number of piperazine rings is 1. The van der Waals surface area contributed by atoms with Gasteiger partial charge in [0.1, 0.15) is 114 Å². The van der Waals surface area contributed by atoms with Crippen molar-refractivity contribution in [2.24, 2.45) is 5.41 Å². The lowest BCUT2D eigenvalue weighted by Gasteiger charge is -2.42. The van der Waals surface area contributed by atoms with E-state index in [-0.39, 0.29) is 174 Å². The van der Waals surface area contributed by atoms with E-state index in [0.29, 0.717) is 148 Å². The Balaban J connectivity index is 1.17. The molecule has 4 fully saturated rings. The SMILES string of the molecule is CC(=O)NC1C(OCCCCC(=O)CCCCCC(=O)CCNc2nc(N(CCC(=O)CCCCCC(=O)CCCCOC3OC(CO)C(O)C(O)C3NC(C)=O)CCC(=O)CCCCCC(=O)CCCCOC3OC(CO)C(O)C(O)C3NC(C)=O)nc(N3CCN(C(=O)CCCC(=O)C(C)(C)C)CC3)n2)OC(CO)C(O)C1O. The third kappa shape index (κ3) is 36.2. The van der Waals surface area contributed by atoms with Crippen LogP contribution in [-0.2, 0) is 81.2 Å². The van der Waals surface area contributed by atoms with Gasteiger partial charge in [-0.15, -0.1) is 0 Å². The number of hydrogen-bond donors (Lipinski definition) is 13. The number of nitrogens with zero attached hydrogens (tertiary/aromatic N) is 6. The summed E-state index contributed by atoms with van der Waals surface area (Å²) < 4.78 is 34.1. The quantitative estimate of drug-likeness (QED) is 0.0409. The number of aliphatic hydroxyl groups excluding tert-OH is 9. The Kier molecular flexibility index (Phi) is 45.6. The molecule has 0 aliphatic carbocycles. The van der Waals surface area contributed by atoms with Gasteiger partial charge in [0.25, 0.3) is 0 Å². The highest BCUT2D eigenvalue weighted by Gasteiger charge is 2.48. The highest BCUT2D eigenvalue weighted by molar-refractivity contribution is 5.85. The van der Waals surface area contributed by atoms with Gasteiger partial charge in [0.15, 0.2) is 18.9 Å². The minimum absolute atomic E-state index is 0.0278. The van der Waals surface area contributed by atoms with Crippen molar-refractivity contribution < 1.29 is 127 Å². The number of amides is 4. The molecule has 0 saturated carbocycles. The zero-order valence-electron chi connectivity index (χ0n) is 68.2. The first-order valence-electron chi connectivity index (χ1n) is 41.3. The predicted molar refractivity (Wildman–Crippen MR) is 416 cm³/mol. The van der Waals surface area contributed by atoms with E-state index in [4.69, 9.17) is 43.4 Å². The van der Waals surface area contributed by atoms with Crippen molar-refractivity contribution in [3.05, 3.63) is 0 Å². The topological polar surface area (TPSA) is 522 Å². The number of hydrogen-bond acceptors (Lipinski definition) is 32. The molecule has 0 aromatic carbocycles. The van der Waals surface area contributed by atoms with Crippen LogP contribution in [0.3, 0.4) is 0 Å². The maximum absolute atomic E-state index is 13.8. The van der Waals surface area contributed by atoms with Gasteiger partial charge in [-0.3, -0.25) is 52.7 Å². The summed E-state index contributed by atoms with van der Waals surface area (Å²) in [7, 11) is 0. The molecule has 4 aliphatic rings. The predicted octanol–water partition coefficient (Wildman–Crippen LogP) is 1.35. The van der Waals surface area contributed by atoms with Crippen molar-refractivity contribution in [2.45, 2.75) is 326 Å². The normalized spacial score (nSPS) is 24.4. The maximum Gasteiger partial charge on any atom is 0.232 e. The van der Waals surface area contributed by atoms with Gasteiger partial charge in [0.2, 0.25) is 41.5 Å². The van der Waals surface area contributed by atoms with Crippen molar-refractivity contribution in [3.63, 3.8) is 0 Å². The summed E-state index contributed by atoms with van der Waals surface area (Å²) in [6.45, 7) is 9.61. The van der Waals surface area contributed by atoms with Crippen LogP contribution in [0.4, 0.5) is 17.8 Å². The summed E-state index contributed by atoms with van der Waals surface area (Å²) in [4.78, 5) is 161. The van der Waals surface area contributed by atoms with E-state index in [2.05, 4.69) is 21.3 Å². The third-order valence-corrected chi connectivity index (χ3v) is 20.8. The minimum atomic E-state index is -1.45. The van der Waals surface area contributed by atoms with Gasteiger partial charge in [-0.2, -0.15) is 15.0 Å². The van der Waals surface area contributed by atoms with E-state index in [1.54, 1.807) is 9.80 Å². The van der Waals surface area contributed by atoms with Gasteiger partial charge in [-0.05, 0) is 83.5 Å². The molecule has 4 aliphatic heterocycles. The highest BCUT2D eigenvalue weighted by atomic mass is 16.7. The molecule has 4 amide bonds. The van der Waals surface area contributed by atoms with E-state index in [0.717, 1.165) is 0 Å². The Morgan fingerprint density at radius 1 is 0.409 bits per heavy atom. The molecule has 5 heterocycles. The number of ether oxygens (including phenoxy) is 6. The third-order valence-electron chi connectivity index (χ3n) is 20.8. The molecule has 1 aromatic rings. The standard InChI is InChI=1S/C79H132N10O26/c1-50(93)81-64-70(107)67(104)59(47-90)113-73(64)110-44-19-16-29-53(96)23-10-7-13-26-56(99)34-37-80-76-84-77(86-78(85-76)89-42-40-87(41-43-89)63(103)33-22-32-62(102)79(4,5)6)88(38-35-57(100)27-14-8-11-24-54(97)30-17-20-45-111-74-65(82-51(2)94)71(108)68(105)60(48-91)114-74)39-36-58(101)28-15-9-12-25-55(98)31-18-21-46-112-75-66(83-52(3)95)72(109)69(106)61(49-92)115-75/h59-61,64-75,90-92,104-109H,7-49H2,1-6H3,(H,81,93)(H,82,94)(H,83,95)(H,80,84,85,86). The van der Waals surface area contributed by atoms with Gasteiger partial charge in [0.05, 0.1) is 19.8 Å². The van der Waals surface area contributed by atoms with Gasteiger partial charge in [-0.1, -0.05) is 40.0 Å². The first-order chi connectivity index (χ1) is 54.8. The molecule has 0 bridgehead atoms. The molecule has 36 nitrogen and oxygen atoms in total. The largest absolute Gasteiger partial charge is 0.394 e. The molecule has 0 spiro atoms. The van der Waals surface area contributed by atoms with Crippen molar-refractivity contribution in [1.29, 1.82) is 0 Å². The number of aromatic nitrogens is 3. The maximum atomic E-state index is 13.8. The molecular weight excluding hydrogens is 1500 g/mol. The average molecular weight is 1640 g/mol. The number of carbonyl (C=O) groups excluding carboxylic acids is 11. The van der Waals surface area contributed by atoms with Gasteiger partial charge >= 0.3 is 0 Å². The first-order valence-corrected chi connectivity index (χ1v) is 41.3. The smallest absolute Gasteiger partial charge is 0.232 e. The molecule has 1 aromatic heterocycles. The Bertz CT molecular complexity index is 3080. The number of Topliss-reactive ketones (excluding diaryl/α,β-unsaturated/α-hetero) is 7. The lowest BCUT2D eigenvalue weighted by Crippen LogP contribution is -2.64. The monoisotopic (exact) mass is 1640 g/mol. The van der Waals surface area contributed by atoms with Crippen LogP contribution >= 0.6 is 0 Å². The summed E-state index contributed by atoms with van der Waals surface area (Å²) in [5.74, 6) is -0.949. The molecular formula is C79H132N10O26. The number of anilines is 3. The minimum Gasteiger partial charge on any atom is -0.394 e. The molecule has 5 rings (SSSR count). The zero-order valence-corrected chi connectivity index (χ0v) is 68.2. The second-order valence-corrected chi connectivity index (χ2v) is 31.5. The lowest BCUT2D eigenvalue weighted by molar-refractivity contribution is -0.270. The molecule has 0 radical (unpaired) electrons. The fraction of sp³-hybridized carbons (Fsp3) is 0.823. The highest BCUT2D eigenvalue weighted by Crippen LogP contribution is 2.28. The van der Waals surface area contributed by atoms with Crippen molar-refractivity contribution >= 4 is 82.0 Å². The number of nitrogens with one attached hydrogen (secondary N) is 4. The van der Waals surface area contributed by atoms with Crippen LogP contribution in [-0.4, -0.2) is 307 Å². The molecule has 654 valence electrons. The number of rotatable bonds is 58. The van der Waals surface area contributed by atoms with Crippen LogP contribution in [0.15, 0.2) is 0 Å². The number of ketones is 7. The van der Waals surface area contributed by atoms with Crippen molar-refractivity contribution in [1.82, 2.24) is 35.8 Å². The second kappa shape index (κ2) is 53.0. The number of carbonyl (C=O) groups is 11. The molecule has 36 heteroatoms. The average Bonchev–Trinajstić information content (AvgIpc) is 0.803. The van der Waals surface area contributed by atoms with E-state index in [9.17, 15) is 98.7 Å². The Morgan fingerprint density at radius 2 is 0.739 bits per heavy atom. The summed E-state index contributed by atoms with van der Waals surface area (Å²) >= 11 is 0. The second-order valence-electron chi connectivity index (χ2n) is 31.5. The van der Waals surface area contributed by atoms with Crippen LogP contribution in [0.1, 0.15) is 234 Å². The molecule has 15 atom stereocenters. The van der Waals surface area contributed by atoms with E-state index < -0.39 is 135 Å². The molecule has 15 unspecified atom stereocenters. The summed E-state index contributed by atoms with van der Waals surface area (Å²) in [5.41, 5.74) is -0.518. The van der Waals surface area contributed by atoms with Crippen molar-refractivity contribution in [2.75, 3.05) is 101 Å². The lowest BCUT2D eigenvalue weighted by atomic mass is 9.88. The molecule has 115 heavy (non-hydrogen) atoms. The fourth-order valence-electron chi connectivity index (χ4n) is 13.9. The summed E-state index contributed by atoms with van der Waals surface area (Å²) in [6.07, 6.45) is -3.97. The fourth-order valence-corrected chi connectivity index (χ4v) is 13.9. The van der Waals surface area contributed by atoms with Gasteiger partial charge in [-0.25, -0.2) is 0 Å². The molecule has 13 N–H and O–H groups in total.